The van der Waals surface area contributed by atoms with Gasteiger partial charge in [0.15, 0.2) is 0 Å². The molecule has 1 aromatic heterocycles. The molecule has 0 fully saturated rings. The molecule has 2 N–H and O–H groups in total. The number of rotatable bonds is 2. The molecule has 0 aromatic carbocycles. The Morgan fingerprint density at radius 1 is 1.64 bits per heavy atom. The van der Waals surface area contributed by atoms with Crippen molar-refractivity contribution in [3.8, 4) is 0 Å². The molecule has 0 spiro atoms. The predicted molar refractivity (Wildman–Crippen MR) is 48.9 cm³/mol. The fraction of sp³-hybridized carbons (Fsp3) is 0.625. The molecule has 0 unspecified atom stereocenters. The van der Waals surface area contributed by atoms with Gasteiger partial charge in [-0.05, 0) is 6.92 Å². The first-order valence-corrected chi connectivity index (χ1v) is 4.57. The van der Waals surface area contributed by atoms with Crippen molar-refractivity contribution in [2.24, 2.45) is 5.73 Å². The maximum Gasteiger partial charge on any atom is 0.0997 e. The lowest BCUT2D eigenvalue weighted by atomic mass is 9.95. The first-order chi connectivity index (χ1) is 5.06. The molecule has 0 aliphatic rings. The molecule has 1 heterocycles. The van der Waals surface area contributed by atoms with E-state index < -0.39 is 0 Å². The van der Waals surface area contributed by atoms with E-state index in [0.29, 0.717) is 6.54 Å². The Kier molecular flexibility index (Phi) is 2.30. The van der Waals surface area contributed by atoms with Crippen LogP contribution in [0.3, 0.4) is 0 Å². The van der Waals surface area contributed by atoms with E-state index in [1.807, 2.05) is 6.92 Å². The highest BCUT2D eigenvalue weighted by Gasteiger charge is 2.21. The molecule has 0 aliphatic heterocycles. The number of aromatic nitrogens is 1. The molecule has 3 heteroatoms. The maximum absolute atomic E-state index is 5.61. The van der Waals surface area contributed by atoms with E-state index >= 15 is 0 Å². The van der Waals surface area contributed by atoms with E-state index in [0.717, 1.165) is 10.7 Å². The highest BCUT2D eigenvalue weighted by molar-refractivity contribution is 7.09. The smallest absolute Gasteiger partial charge is 0.0997 e. The molecule has 0 atom stereocenters. The van der Waals surface area contributed by atoms with Gasteiger partial charge in [0.25, 0.3) is 0 Å². The molecular formula is C8H14N2S. The van der Waals surface area contributed by atoms with Gasteiger partial charge in [0, 0.05) is 23.0 Å². The molecule has 0 saturated heterocycles. The molecule has 11 heavy (non-hydrogen) atoms. The van der Waals surface area contributed by atoms with Gasteiger partial charge in [0.05, 0.1) is 5.01 Å². The fourth-order valence-electron chi connectivity index (χ4n) is 0.752. The van der Waals surface area contributed by atoms with E-state index in [1.54, 1.807) is 11.3 Å². The van der Waals surface area contributed by atoms with Gasteiger partial charge in [-0.2, -0.15) is 0 Å². The summed E-state index contributed by atoms with van der Waals surface area (Å²) in [5.74, 6) is 0. The third-order valence-electron chi connectivity index (χ3n) is 1.71. The summed E-state index contributed by atoms with van der Waals surface area (Å²) in [5, 5.41) is 3.20. The Morgan fingerprint density at radius 2 is 2.27 bits per heavy atom. The Morgan fingerprint density at radius 3 is 2.64 bits per heavy atom. The quantitative estimate of drug-likeness (QED) is 0.733. The van der Waals surface area contributed by atoms with Crippen molar-refractivity contribution in [1.29, 1.82) is 0 Å². The Balaban J connectivity index is 2.92. The second kappa shape index (κ2) is 2.91. The summed E-state index contributed by atoms with van der Waals surface area (Å²) in [5.41, 5.74) is 6.74. The second-order valence-electron chi connectivity index (χ2n) is 3.38. The van der Waals surface area contributed by atoms with Crippen LogP contribution in [0.2, 0.25) is 0 Å². The summed E-state index contributed by atoms with van der Waals surface area (Å²) in [6.45, 7) is 6.89. The Bertz CT molecular complexity index is 240. The number of hydrogen-bond donors (Lipinski definition) is 1. The van der Waals surface area contributed by atoms with Crippen LogP contribution in [-0.2, 0) is 5.41 Å². The van der Waals surface area contributed by atoms with Crippen LogP contribution in [0.5, 0.6) is 0 Å². The highest BCUT2D eigenvalue weighted by atomic mass is 32.1. The SMILES string of the molecule is Cc1csc(C(C)(C)CN)n1. The van der Waals surface area contributed by atoms with Crippen LogP contribution in [0.1, 0.15) is 24.5 Å². The topological polar surface area (TPSA) is 38.9 Å². The minimum atomic E-state index is 0.0406. The standard InChI is InChI=1S/C8H14N2S/c1-6-4-11-7(10-6)8(2,3)5-9/h4H,5,9H2,1-3H3. The van der Waals surface area contributed by atoms with Gasteiger partial charge in [-0.1, -0.05) is 13.8 Å². The van der Waals surface area contributed by atoms with Crippen molar-refractivity contribution >= 4 is 11.3 Å². The van der Waals surface area contributed by atoms with E-state index in [-0.39, 0.29) is 5.41 Å². The van der Waals surface area contributed by atoms with E-state index in [2.05, 4.69) is 24.2 Å². The van der Waals surface area contributed by atoms with E-state index in [9.17, 15) is 0 Å². The van der Waals surface area contributed by atoms with Crippen LogP contribution in [0, 0.1) is 6.92 Å². The molecular weight excluding hydrogens is 156 g/mol. The highest BCUT2D eigenvalue weighted by Crippen LogP contribution is 2.24. The monoisotopic (exact) mass is 170 g/mol. The summed E-state index contributed by atoms with van der Waals surface area (Å²) in [6, 6.07) is 0. The lowest BCUT2D eigenvalue weighted by Gasteiger charge is -2.18. The maximum atomic E-state index is 5.61. The zero-order chi connectivity index (χ0) is 8.48. The van der Waals surface area contributed by atoms with Gasteiger partial charge in [0.1, 0.15) is 0 Å². The largest absolute Gasteiger partial charge is 0.330 e. The molecule has 62 valence electrons. The van der Waals surface area contributed by atoms with Crippen LogP contribution in [0.25, 0.3) is 0 Å². The van der Waals surface area contributed by atoms with Gasteiger partial charge in [-0.3, -0.25) is 0 Å². The van der Waals surface area contributed by atoms with Gasteiger partial charge in [-0.15, -0.1) is 11.3 Å². The van der Waals surface area contributed by atoms with E-state index in [1.165, 1.54) is 0 Å². The number of thiazole rings is 1. The summed E-state index contributed by atoms with van der Waals surface area (Å²) in [6.07, 6.45) is 0. The predicted octanol–water partition coefficient (Wildman–Crippen LogP) is 1.69. The van der Waals surface area contributed by atoms with Crippen LogP contribution >= 0.6 is 11.3 Å². The van der Waals surface area contributed by atoms with Crippen LogP contribution in [0.4, 0.5) is 0 Å². The van der Waals surface area contributed by atoms with Crippen molar-refractivity contribution in [3.63, 3.8) is 0 Å². The molecule has 1 aromatic rings. The third-order valence-corrected chi connectivity index (χ3v) is 3.03. The third kappa shape index (κ3) is 1.79. The first-order valence-electron chi connectivity index (χ1n) is 3.69. The van der Waals surface area contributed by atoms with Crippen molar-refractivity contribution in [2.45, 2.75) is 26.2 Å². The lowest BCUT2D eigenvalue weighted by Crippen LogP contribution is -2.27. The number of hydrogen-bond acceptors (Lipinski definition) is 3. The summed E-state index contributed by atoms with van der Waals surface area (Å²) < 4.78 is 0. The Labute approximate surface area is 71.5 Å². The number of aryl methyl sites for hydroxylation is 1. The average molecular weight is 170 g/mol. The molecule has 0 bridgehead atoms. The average Bonchev–Trinajstić information content (AvgIpc) is 2.36. The second-order valence-corrected chi connectivity index (χ2v) is 4.24. The number of nitrogens with zero attached hydrogens (tertiary/aromatic N) is 1. The lowest BCUT2D eigenvalue weighted by molar-refractivity contribution is 0.534. The van der Waals surface area contributed by atoms with Gasteiger partial charge < -0.3 is 5.73 Å². The van der Waals surface area contributed by atoms with Crippen molar-refractivity contribution in [3.05, 3.63) is 16.1 Å². The number of nitrogens with two attached hydrogens (primary N) is 1. The van der Waals surface area contributed by atoms with Gasteiger partial charge in [-0.25, -0.2) is 4.98 Å². The summed E-state index contributed by atoms with van der Waals surface area (Å²) in [4.78, 5) is 4.39. The zero-order valence-electron chi connectivity index (χ0n) is 7.22. The first kappa shape index (κ1) is 8.68. The minimum Gasteiger partial charge on any atom is -0.330 e. The molecule has 0 saturated carbocycles. The summed E-state index contributed by atoms with van der Waals surface area (Å²) in [7, 11) is 0. The van der Waals surface area contributed by atoms with Crippen molar-refractivity contribution in [2.75, 3.05) is 6.54 Å². The van der Waals surface area contributed by atoms with Gasteiger partial charge in [0.2, 0.25) is 0 Å². The summed E-state index contributed by atoms with van der Waals surface area (Å²) >= 11 is 1.69. The van der Waals surface area contributed by atoms with Crippen molar-refractivity contribution < 1.29 is 0 Å². The van der Waals surface area contributed by atoms with Crippen LogP contribution in [-0.4, -0.2) is 11.5 Å². The fourth-order valence-corrected chi connectivity index (χ4v) is 1.69. The van der Waals surface area contributed by atoms with Crippen LogP contribution in [0.15, 0.2) is 5.38 Å². The van der Waals surface area contributed by atoms with Crippen LogP contribution < -0.4 is 5.73 Å². The van der Waals surface area contributed by atoms with Crippen molar-refractivity contribution in [1.82, 2.24) is 4.98 Å². The Hall–Kier alpha value is -0.410. The molecule has 0 amide bonds. The van der Waals surface area contributed by atoms with E-state index in [4.69, 9.17) is 5.73 Å². The molecule has 2 nitrogen and oxygen atoms in total. The normalized spacial score (nSPS) is 12.0. The zero-order valence-corrected chi connectivity index (χ0v) is 8.03. The minimum absolute atomic E-state index is 0.0406. The molecule has 0 aliphatic carbocycles. The molecule has 0 radical (unpaired) electrons. The van der Waals surface area contributed by atoms with Gasteiger partial charge >= 0.3 is 0 Å². The molecule has 1 rings (SSSR count).